The predicted octanol–water partition coefficient (Wildman–Crippen LogP) is 1.10. The van der Waals surface area contributed by atoms with E-state index in [1.165, 1.54) is 32.1 Å². The van der Waals surface area contributed by atoms with Gasteiger partial charge in [0, 0.05) is 23.7 Å². The first-order valence-corrected chi connectivity index (χ1v) is 5.31. The first-order chi connectivity index (χ1) is 5.77. The lowest BCUT2D eigenvalue weighted by atomic mass is 9.58. The summed E-state index contributed by atoms with van der Waals surface area (Å²) in [5.74, 6) is 0. The van der Waals surface area contributed by atoms with Crippen molar-refractivity contribution in [1.29, 1.82) is 0 Å². The molecule has 2 nitrogen and oxygen atoms in total. The van der Waals surface area contributed by atoms with Crippen LogP contribution in [0.25, 0.3) is 0 Å². The van der Waals surface area contributed by atoms with Gasteiger partial charge in [0.2, 0.25) is 0 Å². The number of piperidine rings is 2. The van der Waals surface area contributed by atoms with E-state index in [0.29, 0.717) is 11.6 Å². The first kappa shape index (κ1) is 7.34. The lowest BCUT2D eigenvalue weighted by molar-refractivity contribution is -0.225. The molecule has 4 atom stereocenters. The van der Waals surface area contributed by atoms with E-state index in [2.05, 4.69) is 11.8 Å². The van der Waals surface area contributed by atoms with E-state index in [4.69, 9.17) is 5.73 Å². The van der Waals surface area contributed by atoms with Crippen molar-refractivity contribution in [3.63, 3.8) is 0 Å². The van der Waals surface area contributed by atoms with Gasteiger partial charge < -0.3 is 5.73 Å². The van der Waals surface area contributed by atoms with Gasteiger partial charge >= 0.3 is 0 Å². The lowest BCUT2D eigenvalue weighted by Gasteiger charge is -2.74. The van der Waals surface area contributed by atoms with E-state index in [9.17, 15) is 0 Å². The van der Waals surface area contributed by atoms with Gasteiger partial charge in [0.25, 0.3) is 0 Å². The molecule has 3 heterocycles. The lowest BCUT2D eigenvalue weighted by Crippen LogP contribution is -2.83. The maximum Gasteiger partial charge on any atom is 0.0273 e. The standard InChI is InChI=1S/C10H18N2/c1-2-10-5-7-3-4-8(11)9(6-10)12(7)10/h7-9H,2-6,11H2,1H3. The van der Waals surface area contributed by atoms with Crippen LogP contribution >= 0.6 is 0 Å². The molecule has 12 heavy (non-hydrogen) atoms. The Balaban J connectivity index is 1.82. The average molecular weight is 166 g/mol. The Bertz CT molecular complexity index is 216. The monoisotopic (exact) mass is 166 g/mol. The van der Waals surface area contributed by atoms with E-state index in [1.54, 1.807) is 0 Å². The molecule has 68 valence electrons. The molecular weight excluding hydrogens is 148 g/mol. The Morgan fingerprint density at radius 2 is 2.25 bits per heavy atom. The third-order valence-corrected chi connectivity index (χ3v) is 4.49. The number of hydrogen-bond acceptors (Lipinski definition) is 2. The third kappa shape index (κ3) is 0.612. The van der Waals surface area contributed by atoms with Crippen LogP contribution in [0.15, 0.2) is 0 Å². The van der Waals surface area contributed by atoms with Crippen LogP contribution in [0.3, 0.4) is 0 Å². The smallest absolute Gasteiger partial charge is 0.0273 e. The van der Waals surface area contributed by atoms with Crippen LogP contribution in [0.5, 0.6) is 0 Å². The quantitative estimate of drug-likeness (QED) is 0.632. The van der Waals surface area contributed by atoms with Crippen LogP contribution < -0.4 is 5.73 Å². The molecule has 0 saturated carbocycles. The summed E-state index contributed by atoms with van der Waals surface area (Å²) in [6, 6.07) is 2.17. The van der Waals surface area contributed by atoms with Gasteiger partial charge in [-0.1, -0.05) is 6.92 Å². The Morgan fingerprint density at radius 1 is 1.42 bits per heavy atom. The molecule has 0 amide bonds. The van der Waals surface area contributed by atoms with E-state index in [-0.39, 0.29) is 0 Å². The van der Waals surface area contributed by atoms with Gasteiger partial charge in [-0.2, -0.15) is 0 Å². The van der Waals surface area contributed by atoms with Crippen LogP contribution in [-0.4, -0.2) is 28.6 Å². The maximum absolute atomic E-state index is 6.07. The highest BCUT2D eigenvalue weighted by Gasteiger charge is 2.64. The molecule has 3 saturated heterocycles. The fraction of sp³-hybridized carbons (Fsp3) is 1.00. The molecule has 0 aromatic rings. The average Bonchev–Trinajstić information content (AvgIpc) is 2.02. The number of hydrogen-bond donors (Lipinski definition) is 1. The maximum atomic E-state index is 6.07. The number of rotatable bonds is 1. The highest BCUT2D eigenvalue weighted by atomic mass is 15.4. The second-order valence-corrected chi connectivity index (χ2v) is 4.86. The molecule has 3 aliphatic rings. The molecule has 0 aliphatic carbocycles. The van der Waals surface area contributed by atoms with Crippen molar-refractivity contribution in [2.24, 2.45) is 5.73 Å². The van der Waals surface area contributed by atoms with E-state index < -0.39 is 0 Å². The van der Waals surface area contributed by atoms with Gasteiger partial charge in [0.05, 0.1) is 0 Å². The van der Waals surface area contributed by atoms with Crippen molar-refractivity contribution in [1.82, 2.24) is 4.90 Å². The molecule has 0 spiro atoms. The Hall–Kier alpha value is -0.0800. The highest BCUT2D eigenvalue weighted by Crippen LogP contribution is 2.57. The third-order valence-electron chi connectivity index (χ3n) is 4.49. The summed E-state index contributed by atoms with van der Waals surface area (Å²) in [6.07, 6.45) is 6.83. The zero-order chi connectivity index (χ0) is 8.34. The van der Waals surface area contributed by atoms with Crippen LogP contribution in [0.4, 0.5) is 0 Å². The molecule has 3 fully saturated rings. The van der Waals surface area contributed by atoms with E-state index in [0.717, 1.165) is 12.1 Å². The molecule has 2 heteroatoms. The van der Waals surface area contributed by atoms with Crippen molar-refractivity contribution in [3.05, 3.63) is 0 Å². The predicted molar refractivity (Wildman–Crippen MR) is 48.9 cm³/mol. The second-order valence-electron chi connectivity index (χ2n) is 4.86. The number of nitrogens with zero attached hydrogens (tertiary/aromatic N) is 1. The van der Waals surface area contributed by atoms with Crippen LogP contribution in [0.2, 0.25) is 0 Å². The molecule has 0 bridgehead atoms. The topological polar surface area (TPSA) is 29.3 Å². The van der Waals surface area contributed by atoms with Gasteiger partial charge in [-0.3, -0.25) is 4.90 Å². The Labute approximate surface area is 74.1 Å². The molecule has 0 radical (unpaired) electrons. The SMILES string of the molecule is CCC12CC3CCC(N)C(C1)N32. The normalized spacial score (nSPS) is 57.0. The van der Waals surface area contributed by atoms with Crippen molar-refractivity contribution < 1.29 is 0 Å². The van der Waals surface area contributed by atoms with Crippen molar-refractivity contribution >= 4 is 0 Å². The highest BCUT2D eigenvalue weighted by molar-refractivity contribution is 5.21. The fourth-order valence-electron chi connectivity index (χ4n) is 3.75. The molecular formula is C10H18N2. The minimum atomic E-state index is 0.487. The summed E-state index contributed by atoms with van der Waals surface area (Å²) < 4.78 is 0. The van der Waals surface area contributed by atoms with Gasteiger partial charge in [-0.25, -0.2) is 0 Å². The molecule has 3 aliphatic heterocycles. The summed E-state index contributed by atoms with van der Waals surface area (Å²) in [5, 5.41) is 0. The van der Waals surface area contributed by atoms with E-state index >= 15 is 0 Å². The summed E-state index contributed by atoms with van der Waals surface area (Å²) in [7, 11) is 0. The van der Waals surface area contributed by atoms with Crippen LogP contribution in [0, 0.1) is 0 Å². The molecule has 3 rings (SSSR count). The summed E-state index contributed by atoms with van der Waals surface area (Å²) in [6.45, 7) is 2.33. The minimum Gasteiger partial charge on any atom is -0.326 e. The van der Waals surface area contributed by atoms with Crippen molar-refractivity contribution in [3.8, 4) is 0 Å². The summed E-state index contributed by atoms with van der Waals surface area (Å²) >= 11 is 0. The first-order valence-electron chi connectivity index (χ1n) is 5.31. The zero-order valence-electron chi connectivity index (χ0n) is 7.79. The van der Waals surface area contributed by atoms with Crippen molar-refractivity contribution in [2.75, 3.05) is 0 Å². The zero-order valence-corrected chi connectivity index (χ0v) is 7.79. The second kappa shape index (κ2) is 2.05. The molecule has 0 aromatic heterocycles. The van der Waals surface area contributed by atoms with Gasteiger partial charge in [-0.15, -0.1) is 0 Å². The molecule has 4 unspecified atom stereocenters. The van der Waals surface area contributed by atoms with Crippen LogP contribution in [-0.2, 0) is 0 Å². The summed E-state index contributed by atoms with van der Waals surface area (Å²) in [4.78, 5) is 2.72. The Morgan fingerprint density at radius 3 is 3.00 bits per heavy atom. The molecule has 0 aromatic carbocycles. The van der Waals surface area contributed by atoms with Gasteiger partial charge in [0.15, 0.2) is 0 Å². The van der Waals surface area contributed by atoms with Gasteiger partial charge in [-0.05, 0) is 32.1 Å². The molecule has 2 N–H and O–H groups in total. The Kier molecular flexibility index (Phi) is 1.25. The van der Waals surface area contributed by atoms with Crippen LogP contribution in [0.1, 0.15) is 39.0 Å². The number of nitrogens with two attached hydrogens (primary N) is 1. The van der Waals surface area contributed by atoms with Gasteiger partial charge in [0.1, 0.15) is 0 Å². The fourth-order valence-corrected chi connectivity index (χ4v) is 3.75. The van der Waals surface area contributed by atoms with E-state index in [1.807, 2.05) is 0 Å². The minimum absolute atomic E-state index is 0.487. The largest absolute Gasteiger partial charge is 0.326 e. The van der Waals surface area contributed by atoms with Crippen molar-refractivity contribution in [2.45, 2.75) is 62.7 Å². The summed E-state index contributed by atoms with van der Waals surface area (Å²) in [5.41, 5.74) is 6.71.